The highest BCUT2D eigenvalue weighted by molar-refractivity contribution is 5.93. The average molecular weight is 274 g/mol. The second kappa shape index (κ2) is 6.03. The first-order valence-electron chi connectivity index (χ1n) is 5.96. The molecule has 20 heavy (non-hydrogen) atoms. The zero-order valence-electron chi connectivity index (χ0n) is 10.6. The number of benzene rings is 1. The van der Waals surface area contributed by atoms with E-state index in [-0.39, 0.29) is 23.7 Å². The Labute approximate surface area is 115 Å². The minimum absolute atomic E-state index is 0.0492. The zero-order chi connectivity index (χ0) is 14.5. The number of hydrogen-bond donors (Lipinski definition) is 3. The maximum atomic E-state index is 11.0. The molecule has 0 bridgehead atoms. The third-order valence-electron chi connectivity index (χ3n) is 2.69. The van der Waals surface area contributed by atoms with Crippen LogP contribution < -0.4 is 10.5 Å². The van der Waals surface area contributed by atoms with E-state index in [4.69, 9.17) is 20.7 Å². The lowest BCUT2D eigenvalue weighted by Gasteiger charge is -2.07. The van der Waals surface area contributed by atoms with Crippen molar-refractivity contribution in [1.29, 1.82) is 0 Å². The molecule has 6 heteroatoms. The molecule has 0 fully saturated rings. The average Bonchev–Trinajstić information content (AvgIpc) is 2.43. The molecule has 1 aromatic heterocycles. The minimum Gasteiger partial charge on any atom is -0.478 e. The van der Waals surface area contributed by atoms with Crippen LogP contribution in [0.1, 0.15) is 15.9 Å². The molecule has 1 aromatic carbocycles. The van der Waals surface area contributed by atoms with Crippen molar-refractivity contribution in [3.05, 3.63) is 47.7 Å². The van der Waals surface area contributed by atoms with Gasteiger partial charge in [-0.15, -0.1) is 0 Å². The summed E-state index contributed by atoms with van der Waals surface area (Å²) < 4.78 is 5.46. The number of pyridine rings is 1. The number of anilines is 1. The van der Waals surface area contributed by atoms with Crippen molar-refractivity contribution < 1.29 is 19.7 Å². The Morgan fingerprint density at radius 1 is 1.30 bits per heavy atom. The third kappa shape index (κ3) is 3.24. The first-order chi connectivity index (χ1) is 9.60. The predicted molar refractivity (Wildman–Crippen MR) is 72.9 cm³/mol. The molecule has 2 aromatic rings. The molecule has 4 N–H and O–H groups in total. The summed E-state index contributed by atoms with van der Waals surface area (Å²) in [5.41, 5.74) is 6.53. The second-order valence-corrected chi connectivity index (χ2v) is 4.13. The van der Waals surface area contributed by atoms with Crippen molar-refractivity contribution >= 4 is 11.7 Å². The Balaban J connectivity index is 2.17. The Hall–Kier alpha value is -2.60. The van der Waals surface area contributed by atoms with Gasteiger partial charge in [-0.25, -0.2) is 9.78 Å². The van der Waals surface area contributed by atoms with Crippen molar-refractivity contribution in [1.82, 2.24) is 4.98 Å². The molecule has 6 nitrogen and oxygen atoms in total. The number of nitrogens with zero attached hydrogens (tertiary/aromatic N) is 1. The summed E-state index contributed by atoms with van der Waals surface area (Å²) in [4.78, 5) is 14.9. The second-order valence-electron chi connectivity index (χ2n) is 4.13. The van der Waals surface area contributed by atoms with Gasteiger partial charge in [0, 0.05) is 12.7 Å². The Morgan fingerprint density at radius 2 is 2.00 bits per heavy atom. The van der Waals surface area contributed by atoms with Crippen molar-refractivity contribution in [3.8, 4) is 11.6 Å². The molecule has 0 saturated carbocycles. The number of ether oxygens (including phenoxy) is 1. The highest BCUT2D eigenvalue weighted by Crippen LogP contribution is 2.23. The van der Waals surface area contributed by atoms with E-state index in [1.165, 1.54) is 12.3 Å². The Kier molecular flexibility index (Phi) is 4.17. The number of carboxylic acid groups (broad SMARTS) is 1. The van der Waals surface area contributed by atoms with Gasteiger partial charge in [-0.2, -0.15) is 0 Å². The van der Waals surface area contributed by atoms with Crippen molar-refractivity contribution in [2.45, 2.75) is 6.42 Å². The van der Waals surface area contributed by atoms with Crippen molar-refractivity contribution in [3.63, 3.8) is 0 Å². The maximum absolute atomic E-state index is 11.0. The highest BCUT2D eigenvalue weighted by Gasteiger charge is 2.10. The zero-order valence-corrected chi connectivity index (χ0v) is 10.6. The van der Waals surface area contributed by atoms with Crippen LogP contribution in [0.2, 0.25) is 0 Å². The predicted octanol–water partition coefficient (Wildman–Crippen LogP) is 1.69. The van der Waals surface area contributed by atoms with E-state index in [2.05, 4.69) is 4.98 Å². The summed E-state index contributed by atoms with van der Waals surface area (Å²) in [7, 11) is 0. The number of aliphatic hydroxyl groups is 1. The van der Waals surface area contributed by atoms with Gasteiger partial charge in [0.2, 0.25) is 5.88 Å². The number of nitrogens with two attached hydrogens (primary N) is 1. The molecule has 0 aliphatic carbocycles. The van der Waals surface area contributed by atoms with Gasteiger partial charge in [0.1, 0.15) is 5.75 Å². The highest BCUT2D eigenvalue weighted by atomic mass is 16.5. The molecule has 0 unspecified atom stereocenters. The molecule has 0 amide bonds. The number of rotatable bonds is 5. The van der Waals surface area contributed by atoms with Crippen LogP contribution in [0, 0.1) is 0 Å². The third-order valence-corrected chi connectivity index (χ3v) is 2.69. The van der Waals surface area contributed by atoms with E-state index in [0.717, 1.165) is 5.56 Å². The lowest BCUT2D eigenvalue weighted by Crippen LogP contribution is -2.03. The SMILES string of the molecule is Nc1cnc(Oc2ccc(CCO)cc2)cc1C(=O)O. The monoisotopic (exact) mass is 274 g/mol. The number of carboxylic acids is 1. The van der Waals surface area contributed by atoms with Crippen molar-refractivity contribution in [2.75, 3.05) is 12.3 Å². The summed E-state index contributed by atoms with van der Waals surface area (Å²) in [6.07, 6.45) is 1.82. The molecular weight excluding hydrogens is 260 g/mol. The Morgan fingerprint density at radius 3 is 2.60 bits per heavy atom. The normalized spacial score (nSPS) is 10.2. The van der Waals surface area contributed by atoms with E-state index >= 15 is 0 Å². The molecule has 0 aliphatic heterocycles. The van der Waals surface area contributed by atoms with Crippen LogP contribution in [-0.2, 0) is 6.42 Å². The molecule has 0 spiro atoms. The van der Waals surface area contributed by atoms with Crippen LogP contribution in [0.25, 0.3) is 0 Å². The van der Waals surface area contributed by atoms with Gasteiger partial charge in [-0.1, -0.05) is 12.1 Å². The van der Waals surface area contributed by atoms with Crippen LogP contribution in [0.5, 0.6) is 11.6 Å². The fraction of sp³-hybridized carbons (Fsp3) is 0.143. The van der Waals surface area contributed by atoms with Gasteiger partial charge in [0.05, 0.1) is 17.4 Å². The maximum Gasteiger partial charge on any atom is 0.338 e. The first-order valence-corrected chi connectivity index (χ1v) is 5.96. The van der Waals surface area contributed by atoms with E-state index in [1.807, 2.05) is 12.1 Å². The molecule has 2 rings (SSSR count). The smallest absolute Gasteiger partial charge is 0.338 e. The number of nitrogen functional groups attached to an aromatic ring is 1. The van der Waals surface area contributed by atoms with E-state index in [0.29, 0.717) is 12.2 Å². The fourth-order valence-electron chi connectivity index (χ4n) is 1.66. The lowest BCUT2D eigenvalue weighted by atomic mass is 10.1. The van der Waals surface area contributed by atoms with Gasteiger partial charge in [-0.05, 0) is 24.1 Å². The van der Waals surface area contributed by atoms with Crippen LogP contribution >= 0.6 is 0 Å². The summed E-state index contributed by atoms with van der Waals surface area (Å²) in [6.45, 7) is 0.0850. The first kappa shape index (κ1) is 13.8. The largest absolute Gasteiger partial charge is 0.478 e. The van der Waals surface area contributed by atoms with Crippen LogP contribution in [-0.4, -0.2) is 27.8 Å². The number of aromatic nitrogens is 1. The standard InChI is InChI=1S/C14H14N2O4/c15-12-8-16-13(7-11(12)14(18)19)20-10-3-1-9(2-4-10)5-6-17/h1-4,7-8,17H,5-6,15H2,(H,18,19). The summed E-state index contributed by atoms with van der Waals surface area (Å²) in [6, 6.07) is 8.37. The van der Waals surface area contributed by atoms with Gasteiger partial charge in [-0.3, -0.25) is 0 Å². The van der Waals surface area contributed by atoms with Crippen LogP contribution in [0.15, 0.2) is 36.5 Å². The molecule has 104 valence electrons. The number of carbonyl (C=O) groups is 1. The summed E-state index contributed by atoms with van der Waals surface area (Å²) in [5.74, 6) is -0.445. The topological polar surface area (TPSA) is 106 Å². The van der Waals surface area contributed by atoms with Gasteiger partial charge in [0.25, 0.3) is 0 Å². The summed E-state index contributed by atoms with van der Waals surface area (Å²) >= 11 is 0. The lowest BCUT2D eigenvalue weighted by molar-refractivity contribution is 0.0697. The van der Waals surface area contributed by atoms with E-state index < -0.39 is 5.97 Å². The molecule has 0 radical (unpaired) electrons. The van der Waals surface area contributed by atoms with Gasteiger partial charge in [0.15, 0.2) is 0 Å². The molecule has 0 saturated heterocycles. The Bertz CT molecular complexity index is 611. The quantitative estimate of drug-likeness (QED) is 0.766. The molecule has 1 heterocycles. The molecule has 0 aliphatic rings. The van der Waals surface area contributed by atoms with E-state index in [9.17, 15) is 4.79 Å². The minimum atomic E-state index is -1.13. The number of aromatic carboxylic acids is 1. The number of aliphatic hydroxyl groups excluding tert-OH is 1. The molecular formula is C14H14N2O4. The molecule has 0 atom stereocenters. The van der Waals surface area contributed by atoms with Crippen LogP contribution in [0.3, 0.4) is 0 Å². The fourth-order valence-corrected chi connectivity index (χ4v) is 1.66. The number of hydrogen-bond acceptors (Lipinski definition) is 5. The van der Waals surface area contributed by atoms with Crippen molar-refractivity contribution in [2.24, 2.45) is 0 Å². The summed E-state index contributed by atoms with van der Waals surface area (Å²) in [5, 5.41) is 17.8. The van der Waals surface area contributed by atoms with Gasteiger partial charge < -0.3 is 20.7 Å². The van der Waals surface area contributed by atoms with E-state index in [1.54, 1.807) is 12.1 Å². The van der Waals surface area contributed by atoms with Gasteiger partial charge >= 0.3 is 5.97 Å². The van der Waals surface area contributed by atoms with Crippen LogP contribution in [0.4, 0.5) is 5.69 Å².